The van der Waals surface area contributed by atoms with Crippen molar-refractivity contribution >= 4 is 5.69 Å². The summed E-state index contributed by atoms with van der Waals surface area (Å²) < 4.78 is 0. The Morgan fingerprint density at radius 1 is 1.37 bits per heavy atom. The van der Waals surface area contributed by atoms with E-state index in [9.17, 15) is 0 Å². The number of hydrogen-bond acceptors (Lipinski definition) is 3. The third kappa shape index (κ3) is 2.37. The first-order valence-corrected chi connectivity index (χ1v) is 7.47. The zero-order valence-electron chi connectivity index (χ0n) is 12.1. The summed E-state index contributed by atoms with van der Waals surface area (Å²) in [6.45, 7) is 6.47. The zero-order valence-corrected chi connectivity index (χ0v) is 12.1. The van der Waals surface area contributed by atoms with Crippen molar-refractivity contribution in [1.29, 1.82) is 0 Å². The van der Waals surface area contributed by atoms with Crippen LogP contribution in [0.15, 0.2) is 18.2 Å². The molecule has 19 heavy (non-hydrogen) atoms. The highest BCUT2D eigenvalue weighted by molar-refractivity contribution is 5.58. The summed E-state index contributed by atoms with van der Waals surface area (Å²) in [7, 11) is 2.19. The van der Waals surface area contributed by atoms with Gasteiger partial charge in [-0.2, -0.15) is 0 Å². The van der Waals surface area contributed by atoms with Gasteiger partial charge in [0.1, 0.15) is 0 Å². The number of benzene rings is 1. The number of anilines is 1. The highest BCUT2D eigenvalue weighted by Crippen LogP contribution is 2.35. The van der Waals surface area contributed by atoms with Crippen molar-refractivity contribution in [2.75, 3.05) is 38.1 Å². The van der Waals surface area contributed by atoms with Crippen LogP contribution in [0.1, 0.15) is 30.4 Å². The lowest BCUT2D eigenvalue weighted by Gasteiger charge is -2.19. The fourth-order valence-electron chi connectivity index (χ4n) is 3.66. The van der Waals surface area contributed by atoms with Gasteiger partial charge in [-0.15, -0.1) is 0 Å². The Morgan fingerprint density at radius 3 is 3.00 bits per heavy atom. The van der Waals surface area contributed by atoms with E-state index in [-0.39, 0.29) is 0 Å². The summed E-state index contributed by atoms with van der Waals surface area (Å²) >= 11 is 0. The molecule has 0 saturated carbocycles. The molecule has 0 aliphatic carbocycles. The Morgan fingerprint density at radius 2 is 2.21 bits per heavy atom. The molecule has 2 aliphatic rings. The normalized spacial score (nSPS) is 27.0. The van der Waals surface area contributed by atoms with Gasteiger partial charge in [-0.25, -0.2) is 0 Å². The number of nitrogens with two attached hydrogens (primary N) is 1. The van der Waals surface area contributed by atoms with Crippen LogP contribution in [-0.4, -0.2) is 44.2 Å². The van der Waals surface area contributed by atoms with Crippen molar-refractivity contribution in [3.8, 4) is 0 Å². The van der Waals surface area contributed by atoms with E-state index >= 15 is 0 Å². The van der Waals surface area contributed by atoms with Gasteiger partial charge in [0.15, 0.2) is 0 Å². The zero-order chi connectivity index (χ0) is 13.4. The molecule has 1 aromatic rings. The molecule has 0 radical (unpaired) electrons. The lowest BCUT2D eigenvalue weighted by atomic mass is 9.94. The van der Waals surface area contributed by atoms with Crippen molar-refractivity contribution in [3.05, 3.63) is 29.3 Å². The number of nitrogens with zero attached hydrogens (tertiary/aromatic N) is 2. The van der Waals surface area contributed by atoms with E-state index in [2.05, 4.69) is 42.0 Å². The van der Waals surface area contributed by atoms with Gasteiger partial charge in [-0.05, 0) is 42.9 Å². The summed E-state index contributed by atoms with van der Waals surface area (Å²) in [6, 6.07) is 7.77. The maximum atomic E-state index is 5.70. The van der Waals surface area contributed by atoms with Gasteiger partial charge in [0, 0.05) is 45.0 Å². The molecule has 3 rings (SSSR count). The van der Waals surface area contributed by atoms with Gasteiger partial charge < -0.3 is 10.6 Å². The maximum absolute atomic E-state index is 5.70. The summed E-state index contributed by atoms with van der Waals surface area (Å²) in [6.07, 6.45) is 2.48. The van der Waals surface area contributed by atoms with Crippen LogP contribution in [0.2, 0.25) is 0 Å². The third-order valence-corrected chi connectivity index (χ3v) is 4.82. The second kappa shape index (κ2) is 5.14. The first-order chi connectivity index (χ1) is 9.19. The number of hydrogen-bond donors (Lipinski definition) is 1. The molecule has 2 aliphatic heterocycles. The summed E-state index contributed by atoms with van der Waals surface area (Å²) in [4.78, 5) is 4.89. The molecule has 1 saturated heterocycles. The topological polar surface area (TPSA) is 32.5 Å². The van der Waals surface area contributed by atoms with E-state index in [1.54, 1.807) is 0 Å². The van der Waals surface area contributed by atoms with Crippen LogP contribution in [0, 0.1) is 0 Å². The second-order valence-corrected chi connectivity index (χ2v) is 6.12. The van der Waals surface area contributed by atoms with Crippen LogP contribution >= 0.6 is 0 Å². The molecule has 104 valence electrons. The van der Waals surface area contributed by atoms with E-state index in [0.29, 0.717) is 12.0 Å². The summed E-state index contributed by atoms with van der Waals surface area (Å²) in [5.74, 6) is 0.692. The molecular weight excluding hydrogens is 234 g/mol. The van der Waals surface area contributed by atoms with Gasteiger partial charge in [-0.3, -0.25) is 4.90 Å². The van der Waals surface area contributed by atoms with Crippen LogP contribution in [0.3, 0.4) is 0 Å². The van der Waals surface area contributed by atoms with E-state index in [0.717, 1.165) is 13.1 Å². The van der Waals surface area contributed by atoms with Crippen LogP contribution in [0.25, 0.3) is 0 Å². The monoisotopic (exact) mass is 259 g/mol. The Labute approximate surface area is 116 Å². The molecule has 1 aromatic carbocycles. The molecule has 2 heterocycles. The van der Waals surface area contributed by atoms with Crippen molar-refractivity contribution in [1.82, 2.24) is 4.90 Å². The second-order valence-electron chi connectivity index (χ2n) is 6.12. The maximum Gasteiger partial charge on any atom is 0.0397 e. The molecule has 0 amide bonds. The predicted octanol–water partition coefficient (Wildman–Crippen LogP) is 1.82. The highest BCUT2D eigenvalue weighted by Gasteiger charge is 2.30. The van der Waals surface area contributed by atoms with E-state index in [1.807, 2.05) is 0 Å². The van der Waals surface area contributed by atoms with Crippen molar-refractivity contribution in [3.63, 3.8) is 0 Å². The van der Waals surface area contributed by atoms with E-state index in [1.165, 1.54) is 42.7 Å². The first-order valence-electron chi connectivity index (χ1n) is 7.47. The van der Waals surface area contributed by atoms with E-state index < -0.39 is 0 Å². The number of likely N-dealkylation sites (tertiary alicyclic amines) is 1. The fraction of sp³-hybridized carbons (Fsp3) is 0.625. The van der Waals surface area contributed by atoms with Gasteiger partial charge in [0.05, 0.1) is 0 Å². The van der Waals surface area contributed by atoms with Crippen LogP contribution < -0.4 is 10.6 Å². The summed E-state index contributed by atoms with van der Waals surface area (Å²) in [5.41, 5.74) is 10.2. The highest BCUT2D eigenvalue weighted by atomic mass is 15.2. The van der Waals surface area contributed by atoms with Crippen molar-refractivity contribution in [2.24, 2.45) is 5.73 Å². The Kier molecular flexibility index (Phi) is 3.50. The number of fused-ring (bicyclic) bond motifs is 1. The molecule has 2 atom stereocenters. The molecule has 3 nitrogen and oxygen atoms in total. The molecule has 2 N–H and O–H groups in total. The Bertz CT molecular complexity index is 457. The van der Waals surface area contributed by atoms with Gasteiger partial charge in [0.2, 0.25) is 0 Å². The van der Waals surface area contributed by atoms with Crippen LogP contribution in [0.4, 0.5) is 5.69 Å². The number of likely N-dealkylation sites (N-methyl/N-ethyl adjacent to an activating group) is 1. The fourth-order valence-corrected chi connectivity index (χ4v) is 3.66. The predicted molar refractivity (Wildman–Crippen MR) is 80.9 cm³/mol. The Balaban J connectivity index is 1.77. The average Bonchev–Trinajstić information content (AvgIpc) is 2.95. The lowest BCUT2D eigenvalue weighted by Crippen LogP contribution is -2.32. The molecular formula is C16H25N3. The largest absolute Gasteiger partial charge is 0.374 e. The van der Waals surface area contributed by atoms with Gasteiger partial charge in [-0.1, -0.05) is 12.1 Å². The van der Waals surface area contributed by atoms with Crippen molar-refractivity contribution < 1.29 is 0 Å². The molecule has 1 fully saturated rings. The molecule has 0 bridgehead atoms. The van der Waals surface area contributed by atoms with E-state index in [4.69, 9.17) is 5.73 Å². The molecule has 0 aromatic heterocycles. The Hall–Kier alpha value is -1.06. The molecule has 2 unspecified atom stereocenters. The average molecular weight is 259 g/mol. The SMILES string of the molecule is CC1CC(c2ccc3c(c2)CCN3C)CN1CCN. The van der Waals surface area contributed by atoms with Crippen LogP contribution in [0.5, 0.6) is 0 Å². The van der Waals surface area contributed by atoms with Crippen molar-refractivity contribution in [2.45, 2.75) is 31.7 Å². The summed E-state index contributed by atoms with van der Waals surface area (Å²) in [5, 5.41) is 0. The molecule has 0 spiro atoms. The van der Waals surface area contributed by atoms with Gasteiger partial charge in [0.25, 0.3) is 0 Å². The quantitative estimate of drug-likeness (QED) is 0.898. The van der Waals surface area contributed by atoms with Gasteiger partial charge >= 0.3 is 0 Å². The molecule has 3 heteroatoms. The smallest absolute Gasteiger partial charge is 0.0397 e. The minimum Gasteiger partial charge on any atom is -0.374 e. The minimum atomic E-state index is 0.671. The lowest BCUT2D eigenvalue weighted by molar-refractivity contribution is 0.275. The number of rotatable bonds is 3. The van der Waals surface area contributed by atoms with Crippen LogP contribution in [-0.2, 0) is 6.42 Å². The standard InChI is InChI=1S/C16H25N3/c1-12-9-15(11-19(12)8-6-17)13-3-4-16-14(10-13)5-7-18(16)2/h3-4,10,12,15H,5-9,11,17H2,1-2H3. The minimum absolute atomic E-state index is 0.671. The third-order valence-electron chi connectivity index (χ3n) is 4.82. The first kappa shape index (κ1) is 12.9.